The van der Waals surface area contributed by atoms with E-state index < -0.39 is 0 Å². The molecule has 106 valence electrons. The molecule has 0 aliphatic heterocycles. The molecule has 2 aromatic heterocycles. The van der Waals surface area contributed by atoms with E-state index in [0.29, 0.717) is 0 Å². The van der Waals surface area contributed by atoms with Gasteiger partial charge in [0.25, 0.3) is 0 Å². The largest absolute Gasteiger partial charge is 0.363 e. The lowest BCUT2D eigenvalue weighted by Crippen LogP contribution is -2.09. The van der Waals surface area contributed by atoms with Gasteiger partial charge in [-0.3, -0.25) is 0 Å². The lowest BCUT2D eigenvalue weighted by molar-refractivity contribution is 1.07. The molecule has 0 atom stereocenters. The van der Waals surface area contributed by atoms with Crippen molar-refractivity contribution in [3.8, 4) is 0 Å². The topological polar surface area (TPSA) is 29.0 Å². The van der Waals surface area contributed by atoms with Gasteiger partial charge in [-0.25, -0.2) is 9.97 Å². The molecule has 0 N–H and O–H groups in total. The van der Waals surface area contributed by atoms with E-state index in [1.165, 1.54) is 8.27 Å². The minimum Gasteiger partial charge on any atom is -0.363 e. The maximum atomic E-state index is 4.61. The third-order valence-corrected chi connectivity index (χ3v) is 4.67. The van der Waals surface area contributed by atoms with Crippen molar-refractivity contribution in [2.75, 3.05) is 19.0 Å². The molecule has 0 amide bonds. The second-order valence-corrected chi connectivity index (χ2v) is 7.15. The summed E-state index contributed by atoms with van der Waals surface area (Å²) in [5.74, 6) is 0.960. The fourth-order valence-corrected chi connectivity index (χ4v) is 3.53. The maximum absolute atomic E-state index is 4.61. The second-order valence-electron chi connectivity index (χ2n) is 4.84. The molecule has 0 fully saturated rings. The summed E-state index contributed by atoms with van der Waals surface area (Å²) >= 11 is 4.03. The summed E-state index contributed by atoms with van der Waals surface area (Å²) in [6.45, 7) is 0. The fourth-order valence-electron chi connectivity index (χ4n) is 1.92. The highest BCUT2D eigenvalue weighted by atomic mass is 125. The van der Waals surface area contributed by atoms with Crippen LogP contribution < -0.4 is 4.90 Å². The van der Waals surface area contributed by atoms with Gasteiger partial charge in [-0.15, -0.1) is 11.3 Å². The molecule has 3 nitrogen and oxygen atoms in total. The molecule has 0 saturated heterocycles. The van der Waals surface area contributed by atoms with E-state index in [1.54, 1.807) is 11.3 Å². The Morgan fingerprint density at radius 2 is 2.00 bits per heavy atom. The van der Waals surface area contributed by atoms with Crippen molar-refractivity contribution in [2.45, 2.75) is 0 Å². The summed E-state index contributed by atoms with van der Waals surface area (Å²) in [6, 6.07) is 10.4. The molecule has 0 spiro atoms. The number of nitrogens with zero attached hydrogens (tertiary/aromatic N) is 3. The van der Waals surface area contributed by atoms with E-state index in [9.17, 15) is 0 Å². The Morgan fingerprint density at radius 3 is 2.71 bits per heavy atom. The Hall–Kier alpha value is -1.47. The zero-order valence-corrected chi connectivity index (χ0v) is 14.7. The number of thiazole rings is 1. The molecule has 0 unspecified atom stereocenters. The minimum atomic E-state index is 0.960. The Morgan fingerprint density at radius 1 is 1.14 bits per heavy atom. The first-order valence-corrected chi connectivity index (χ1v) is 8.39. The van der Waals surface area contributed by atoms with E-state index in [0.717, 1.165) is 21.9 Å². The first kappa shape index (κ1) is 14.5. The minimum absolute atomic E-state index is 0.960. The van der Waals surface area contributed by atoms with Crippen molar-refractivity contribution in [3.05, 3.63) is 50.7 Å². The third kappa shape index (κ3) is 3.41. The van der Waals surface area contributed by atoms with E-state index in [2.05, 4.69) is 62.9 Å². The van der Waals surface area contributed by atoms with Crippen molar-refractivity contribution in [2.24, 2.45) is 0 Å². The number of anilines is 1. The van der Waals surface area contributed by atoms with E-state index in [-0.39, 0.29) is 0 Å². The number of aromatic nitrogens is 2. The smallest absolute Gasteiger partial charge is 0.127 e. The SMILES string of the molecule is CN(C)c1ccc(/C=C/c2nc3ccc([125I])cc3s2)cn1. The molecule has 3 rings (SSSR count). The van der Waals surface area contributed by atoms with Crippen molar-refractivity contribution in [1.29, 1.82) is 0 Å². The van der Waals surface area contributed by atoms with Gasteiger partial charge in [0.2, 0.25) is 0 Å². The van der Waals surface area contributed by atoms with Gasteiger partial charge in [0.05, 0.1) is 10.2 Å². The molecule has 21 heavy (non-hydrogen) atoms. The van der Waals surface area contributed by atoms with Crippen LogP contribution in [0.25, 0.3) is 22.4 Å². The van der Waals surface area contributed by atoms with E-state index in [1.807, 2.05) is 37.3 Å². The third-order valence-electron chi connectivity index (χ3n) is 3.01. The lowest BCUT2D eigenvalue weighted by atomic mass is 10.2. The quantitative estimate of drug-likeness (QED) is 0.600. The highest BCUT2D eigenvalue weighted by Gasteiger charge is 2.01. The van der Waals surface area contributed by atoms with Crippen LogP contribution in [-0.2, 0) is 0 Å². The van der Waals surface area contributed by atoms with Crippen molar-refractivity contribution < 1.29 is 0 Å². The summed E-state index contributed by atoms with van der Waals surface area (Å²) < 4.78 is 2.46. The number of rotatable bonds is 3. The molecule has 2 heterocycles. The highest BCUT2D eigenvalue weighted by Crippen LogP contribution is 2.25. The van der Waals surface area contributed by atoms with Gasteiger partial charge in [0.1, 0.15) is 10.8 Å². The van der Waals surface area contributed by atoms with Gasteiger partial charge in [-0.05, 0) is 64.6 Å². The van der Waals surface area contributed by atoms with Gasteiger partial charge < -0.3 is 4.90 Å². The van der Waals surface area contributed by atoms with Crippen LogP contribution in [0.5, 0.6) is 0 Å². The van der Waals surface area contributed by atoms with Crippen LogP contribution in [0.3, 0.4) is 0 Å². The number of hydrogen-bond acceptors (Lipinski definition) is 4. The monoisotopic (exact) mass is 405 g/mol. The number of fused-ring (bicyclic) bond motifs is 1. The summed E-state index contributed by atoms with van der Waals surface area (Å²) in [5, 5.41) is 1.02. The van der Waals surface area contributed by atoms with Gasteiger partial charge >= 0.3 is 0 Å². The van der Waals surface area contributed by atoms with Crippen LogP contribution in [0.15, 0.2) is 36.5 Å². The Kier molecular flexibility index (Phi) is 4.21. The molecule has 0 aliphatic carbocycles. The Bertz CT molecular complexity index is 791. The number of pyridine rings is 1. The fraction of sp³-hybridized carbons (Fsp3) is 0.125. The van der Waals surface area contributed by atoms with Crippen molar-refractivity contribution in [3.63, 3.8) is 0 Å². The molecule has 5 heteroatoms. The highest BCUT2D eigenvalue weighted by molar-refractivity contribution is 14.1. The predicted molar refractivity (Wildman–Crippen MR) is 99.8 cm³/mol. The molecular formula is C16H14IN3S. The average molecular weight is 405 g/mol. The van der Waals surface area contributed by atoms with Crippen LogP contribution >= 0.6 is 33.9 Å². The van der Waals surface area contributed by atoms with Crippen LogP contribution in [0.1, 0.15) is 10.6 Å². The summed E-state index contributed by atoms with van der Waals surface area (Å²) in [5.41, 5.74) is 2.13. The predicted octanol–water partition coefficient (Wildman–Crippen LogP) is 4.53. The zero-order valence-electron chi connectivity index (χ0n) is 11.7. The lowest BCUT2D eigenvalue weighted by Gasteiger charge is -2.10. The first-order chi connectivity index (χ1) is 10.1. The molecule has 0 saturated carbocycles. The van der Waals surface area contributed by atoms with Crippen LogP contribution in [0.4, 0.5) is 5.82 Å². The standard InChI is InChI=1S/C16H14IN3S/c1-20(2)15-7-3-11(10-18-15)4-8-16-19-13-6-5-12(17)9-14(13)21-16/h3-10H,1-2H3/b8-4+/i17-2. The maximum Gasteiger partial charge on any atom is 0.127 e. The van der Waals surface area contributed by atoms with E-state index >= 15 is 0 Å². The van der Waals surface area contributed by atoms with Crippen LogP contribution in [0.2, 0.25) is 0 Å². The number of benzene rings is 1. The Labute approximate surface area is 141 Å². The van der Waals surface area contributed by atoms with Gasteiger partial charge in [0, 0.05) is 23.9 Å². The summed E-state index contributed by atoms with van der Waals surface area (Å²) in [4.78, 5) is 11.0. The summed E-state index contributed by atoms with van der Waals surface area (Å²) in [7, 11) is 3.97. The zero-order chi connectivity index (χ0) is 14.8. The first-order valence-electron chi connectivity index (χ1n) is 6.49. The van der Waals surface area contributed by atoms with Crippen LogP contribution in [0, 0.1) is 3.57 Å². The van der Waals surface area contributed by atoms with Crippen molar-refractivity contribution >= 4 is 62.1 Å². The second kappa shape index (κ2) is 6.11. The normalized spacial score (nSPS) is 11.4. The average Bonchev–Trinajstić information content (AvgIpc) is 2.87. The molecule has 1 aromatic carbocycles. The van der Waals surface area contributed by atoms with Gasteiger partial charge in [0.15, 0.2) is 0 Å². The van der Waals surface area contributed by atoms with E-state index in [4.69, 9.17) is 0 Å². The summed E-state index contributed by atoms with van der Waals surface area (Å²) in [6.07, 6.45) is 5.97. The molecular weight excluding hydrogens is 391 g/mol. The number of hydrogen-bond donors (Lipinski definition) is 0. The molecule has 0 bridgehead atoms. The molecule has 3 aromatic rings. The van der Waals surface area contributed by atoms with Gasteiger partial charge in [-0.2, -0.15) is 0 Å². The van der Waals surface area contributed by atoms with Crippen LogP contribution in [-0.4, -0.2) is 24.1 Å². The number of halogens is 1. The Balaban J connectivity index is 1.83. The van der Waals surface area contributed by atoms with Gasteiger partial charge in [-0.1, -0.05) is 6.08 Å². The van der Waals surface area contributed by atoms with Crippen molar-refractivity contribution in [1.82, 2.24) is 9.97 Å². The molecule has 0 aliphatic rings. The molecule has 0 radical (unpaired) electrons.